The van der Waals surface area contributed by atoms with E-state index in [1.807, 2.05) is 0 Å². The standard InChI is InChI=1S/C15H22N2O/c18-15(11-16-12-15)14-8-4-5-9-17(14)10-13-6-2-1-3-7-13/h1-3,6-7,14,16,18H,4-5,8-12H2. The van der Waals surface area contributed by atoms with Gasteiger partial charge in [-0.3, -0.25) is 4.90 Å². The number of hydrogen-bond donors (Lipinski definition) is 2. The first-order valence-corrected chi connectivity index (χ1v) is 6.99. The first-order chi connectivity index (χ1) is 8.78. The second-order valence-corrected chi connectivity index (χ2v) is 5.67. The molecule has 18 heavy (non-hydrogen) atoms. The van der Waals surface area contributed by atoms with E-state index >= 15 is 0 Å². The lowest BCUT2D eigenvalue weighted by Crippen LogP contribution is -2.70. The van der Waals surface area contributed by atoms with Gasteiger partial charge in [0.2, 0.25) is 0 Å². The smallest absolute Gasteiger partial charge is 0.105 e. The zero-order chi connectivity index (χ0) is 12.4. The van der Waals surface area contributed by atoms with Gasteiger partial charge in [0.15, 0.2) is 0 Å². The van der Waals surface area contributed by atoms with Gasteiger partial charge in [0.1, 0.15) is 5.60 Å². The quantitative estimate of drug-likeness (QED) is 0.845. The fourth-order valence-electron chi connectivity index (χ4n) is 3.22. The van der Waals surface area contributed by atoms with Gasteiger partial charge in [-0.15, -0.1) is 0 Å². The molecule has 2 heterocycles. The third kappa shape index (κ3) is 2.30. The molecule has 2 fully saturated rings. The Morgan fingerprint density at radius 2 is 2.00 bits per heavy atom. The lowest BCUT2D eigenvalue weighted by Gasteiger charge is -2.50. The van der Waals surface area contributed by atoms with Crippen molar-refractivity contribution in [2.75, 3.05) is 19.6 Å². The number of piperidine rings is 1. The molecule has 1 unspecified atom stereocenters. The van der Waals surface area contributed by atoms with Crippen molar-refractivity contribution in [3.63, 3.8) is 0 Å². The molecule has 0 aromatic heterocycles. The van der Waals surface area contributed by atoms with Crippen molar-refractivity contribution in [2.24, 2.45) is 0 Å². The van der Waals surface area contributed by atoms with Crippen molar-refractivity contribution < 1.29 is 5.11 Å². The van der Waals surface area contributed by atoms with Crippen LogP contribution in [0.1, 0.15) is 24.8 Å². The van der Waals surface area contributed by atoms with Gasteiger partial charge in [0.05, 0.1) is 0 Å². The third-order valence-electron chi connectivity index (χ3n) is 4.32. The number of rotatable bonds is 3. The van der Waals surface area contributed by atoms with Gasteiger partial charge < -0.3 is 10.4 Å². The monoisotopic (exact) mass is 246 g/mol. The van der Waals surface area contributed by atoms with Crippen molar-refractivity contribution >= 4 is 0 Å². The number of aliphatic hydroxyl groups is 1. The van der Waals surface area contributed by atoms with Gasteiger partial charge in [-0.1, -0.05) is 36.8 Å². The van der Waals surface area contributed by atoms with E-state index in [1.54, 1.807) is 0 Å². The molecule has 0 radical (unpaired) electrons. The van der Waals surface area contributed by atoms with E-state index in [-0.39, 0.29) is 0 Å². The average Bonchev–Trinajstić information content (AvgIpc) is 2.38. The van der Waals surface area contributed by atoms with Crippen LogP contribution >= 0.6 is 0 Å². The lowest BCUT2D eigenvalue weighted by molar-refractivity contribution is -0.0969. The highest BCUT2D eigenvalue weighted by molar-refractivity contribution is 5.15. The van der Waals surface area contributed by atoms with Gasteiger partial charge in [-0.2, -0.15) is 0 Å². The predicted molar refractivity (Wildman–Crippen MR) is 72.3 cm³/mol. The number of benzene rings is 1. The number of hydrogen-bond acceptors (Lipinski definition) is 3. The molecule has 0 amide bonds. The fraction of sp³-hybridized carbons (Fsp3) is 0.600. The highest BCUT2D eigenvalue weighted by Crippen LogP contribution is 2.30. The normalized spacial score (nSPS) is 27.7. The van der Waals surface area contributed by atoms with E-state index in [2.05, 4.69) is 40.5 Å². The molecule has 2 saturated heterocycles. The van der Waals surface area contributed by atoms with Crippen LogP contribution in [-0.2, 0) is 6.54 Å². The third-order valence-corrected chi connectivity index (χ3v) is 4.32. The van der Waals surface area contributed by atoms with Crippen molar-refractivity contribution in [2.45, 2.75) is 37.5 Å². The Hall–Kier alpha value is -0.900. The Labute approximate surface area is 109 Å². The van der Waals surface area contributed by atoms with Crippen LogP contribution in [0.2, 0.25) is 0 Å². The number of likely N-dealkylation sites (tertiary alicyclic amines) is 1. The van der Waals surface area contributed by atoms with E-state index in [1.165, 1.54) is 18.4 Å². The number of nitrogens with zero attached hydrogens (tertiary/aromatic N) is 1. The van der Waals surface area contributed by atoms with Crippen LogP contribution in [-0.4, -0.2) is 41.3 Å². The summed E-state index contributed by atoms with van der Waals surface area (Å²) < 4.78 is 0. The van der Waals surface area contributed by atoms with Gasteiger partial charge in [0, 0.05) is 25.7 Å². The summed E-state index contributed by atoms with van der Waals surface area (Å²) in [4.78, 5) is 2.47. The molecule has 0 spiro atoms. The number of β-amino-alcohol motifs (C(OH)–C–C–N with tert-alkyl or cyclic N) is 1. The summed E-state index contributed by atoms with van der Waals surface area (Å²) in [6.07, 6.45) is 3.64. The molecule has 3 heteroatoms. The molecular formula is C15H22N2O. The molecule has 3 rings (SSSR count). The SMILES string of the molecule is OC1(C2CCCCN2Cc2ccccc2)CNC1. The summed E-state index contributed by atoms with van der Waals surface area (Å²) in [5.74, 6) is 0. The maximum atomic E-state index is 10.6. The van der Waals surface area contributed by atoms with E-state index in [9.17, 15) is 5.11 Å². The lowest BCUT2D eigenvalue weighted by atomic mass is 9.82. The predicted octanol–water partition coefficient (Wildman–Crippen LogP) is 1.38. The first-order valence-electron chi connectivity index (χ1n) is 6.99. The van der Waals surface area contributed by atoms with Crippen molar-refractivity contribution in [3.8, 4) is 0 Å². The Kier molecular flexibility index (Phi) is 3.37. The van der Waals surface area contributed by atoms with Gasteiger partial charge in [-0.05, 0) is 24.9 Å². The summed E-state index contributed by atoms with van der Waals surface area (Å²) in [7, 11) is 0. The highest BCUT2D eigenvalue weighted by atomic mass is 16.3. The van der Waals surface area contributed by atoms with Crippen LogP contribution in [0.25, 0.3) is 0 Å². The Morgan fingerprint density at radius 3 is 2.67 bits per heavy atom. The first kappa shape index (κ1) is 12.2. The Balaban J connectivity index is 1.72. The molecule has 98 valence electrons. The van der Waals surface area contributed by atoms with Crippen molar-refractivity contribution in [3.05, 3.63) is 35.9 Å². The van der Waals surface area contributed by atoms with Crippen molar-refractivity contribution in [1.82, 2.24) is 10.2 Å². The van der Waals surface area contributed by atoms with Crippen LogP contribution in [0, 0.1) is 0 Å². The number of nitrogens with one attached hydrogen (secondary N) is 1. The maximum absolute atomic E-state index is 10.6. The van der Waals surface area contributed by atoms with Crippen LogP contribution in [0.15, 0.2) is 30.3 Å². The molecule has 1 aromatic rings. The summed E-state index contributed by atoms with van der Waals surface area (Å²) in [5.41, 5.74) is 0.857. The zero-order valence-electron chi connectivity index (χ0n) is 10.8. The maximum Gasteiger partial charge on any atom is 0.105 e. The topological polar surface area (TPSA) is 35.5 Å². The van der Waals surface area contributed by atoms with E-state index < -0.39 is 5.60 Å². The fourth-order valence-corrected chi connectivity index (χ4v) is 3.22. The molecule has 0 bridgehead atoms. The zero-order valence-corrected chi connectivity index (χ0v) is 10.8. The highest BCUT2D eigenvalue weighted by Gasteiger charge is 2.45. The van der Waals surface area contributed by atoms with E-state index in [4.69, 9.17) is 0 Å². The second kappa shape index (κ2) is 5.00. The molecule has 1 aromatic carbocycles. The molecule has 0 saturated carbocycles. The summed E-state index contributed by atoms with van der Waals surface area (Å²) in [5, 5.41) is 13.8. The summed E-state index contributed by atoms with van der Waals surface area (Å²) in [6.45, 7) is 3.58. The average molecular weight is 246 g/mol. The minimum Gasteiger partial charge on any atom is -0.386 e. The van der Waals surface area contributed by atoms with E-state index in [0.717, 1.165) is 32.6 Å². The van der Waals surface area contributed by atoms with Crippen molar-refractivity contribution in [1.29, 1.82) is 0 Å². The Bertz CT molecular complexity index is 389. The molecule has 2 aliphatic heterocycles. The van der Waals surface area contributed by atoms with Gasteiger partial charge in [-0.25, -0.2) is 0 Å². The van der Waals surface area contributed by atoms with Crippen LogP contribution in [0.4, 0.5) is 0 Å². The minimum atomic E-state index is -0.491. The summed E-state index contributed by atoms with van der Waals surface area (Å²) in [6, 6.07) is 10.9. The molecule has 3 nitrogen and oxygen atoms in total. The molecule has 2 aliphatic rings. The van der Waals surface area contributed by atoms with Gasteiger partial charge >= 0.3 is 0 Å². The van der Waals surface area contributed by atoms with Crippen LogP contribution in [0.3, 0.4) is 0 Å². The molecular weight excluding hydrogens is 224 g/mol. The van der Waals surface area contributed by atoms with Crippen LogP contribution in [0.5, 0.6) is 0 Å². The molecule has 0 aliphatic carbocycles. The van der Waals surface area contributed by atoms with E-state index in [0.29, 0.717) is 6.04 Å². The molecule has 2 N–H and O–H groups in total. The largest absolute Gasteiger partial charge is 0.386 e. The Morgan fingerprint density at radius 1 is 1.22 bits per heavy atom. The van der Waals surface area contributed by atoms with Gasteiger partial charge in [0.25, 0.3) is 0 Å². The molecule has 1 atom stereocenters. The summed E-state index contributed by atoms with van der Waals surface area (Å²) >= 11 is 0. The van der Waals surface area contributed by atoms with Crippen LogP contribution < -0.4 is 5.32 Å². The minimum absolute atomic E-state index is 0.327. The second-order valence-electron chi connectivity index (χ2n) is 5.67.